The van der Waals surface area contributed by atoms with Gasteiger partial charge in [-0.1, -0.05) is 36.4 Å². The first-order chi connectivity index (χ1) is 17.7. The minimum atomic E-state index is -3.83. The molecule has 0 radical (unpaired) electrons. The van der Waals surface area contributed by atoms with E-state index in [4.69, 9.17) is 14.2 Å². The Morgan fingerprint density at radius 3 is 2.54 bits per heavy atom. The molecule has 3 aromatic rings. The number of ether oxygens (including phenoxy) is 3. The maximum atomic E-state index is 12.9. The number of phenols is 1. The molecule has 198 valence electrons. The molecule has 12 heteroatoms. The number of hydrogen-bond donors (Lipinski definition) is 4. The lowest BCUT2D eigenvalue weighted by Gasteiger charge is -2.41. The van der Waals surface area contributed by atoms with E-state index in [2.05, 4.69) is 10.2 Å². The van der Waals surface area contributed by atoms with Crippen molar-refractivity contribution < 1.29 is 43.1 Å². The summed E-state index contributed by atoms with van der Waals surface area (Å²) in [6.07, 6.45) is -6.20. The van der Waals surface area contributed by atoms with Gasteiger partial charge in [0.1, 0.15) is 35.9 Å². The van der Waals surface area contributed by atoms with Gasteiger partial charge in [0.25, 0.3) is 0 Å². The highest BCUT2D eigenvalue weighted by Gasteiger charge is 2.45. The maximum Gasteiger partial charge on any atom is 0.186 e. The zero-order valence-corrected chi connectivity index (χ0v) is 20.7. The molecule has 1 aliphatic heterocycles. The summed E-state index contributed by atoms with van der Waals surface area (Å²) in [5, 5.41) is 50.1. The number of rotatable bonds is 9. The fourth-order valence-electron chi connectivity index (χ4n) is 4.05. The molecule has 0 spiro atoms. The average molecular weight is 533 g/mol. The SMILES string of the molecule is CO[C@H]1O[C@H](CO)[C@@H](O)[C@H](OCCS(=O)(=O)c2cccc(N=Nc3c(O)ccc4ccccc34)c2)[C@H]1O. The number of aliphatic hydroxyl groups excluding tert-OH is 3. The molecule has 0 aliphatic carbocycles. The molecule has 37 heavy (non-hydrogen) atoms. The average Bonchev–Trinajstić information content (AvgIpc) is 2.90. The molecule has 0 amide bonds. The van der Waals surface area contributed by atoms with Crippen molar-refractivity contribution in [2.45, 2.75) is 35.6 Å². The molecule has 11 nitrogen and oxygen atoms in total. The lowest BCUT2D eigenvalue weighted by atomic mass is 9.99. The quantitative estimate of drug-likeness (QED) is 0.302. The van der Waals surface area contributed by atoms with Crippen molar-refractivity contribution in [3.05, 3.63) is 60.7 Å². The van der Waals surface area contributed by atoms with Crippen molar-refractivity contribution in [1.82, 2.24) is 0 Å². The molecule has 0 bridgehead atoms. The fourth-order valence-corrected chi connectivity index (χ4v) is 5.19. The minimum Gasteiger partial charge on any atom is -0.506 e. The second kappa shape index (κ2) is 11.6. The van der Waals surface area contributed by atoms with Gasteiger partial charge in [0.15, 0.2) is 16.1 Å². The third-order valence-electron chi connectivity index (χ3n) is 6.04. The molecule has 1 fully saturated rings. The van der Waals surface area contributed by atoms with Gasteiger partial charge in [-0.3, -0.25) is 0 Å². The molecule has 5 atom stereocenters. The van der Waals surface area contributed by atoms with Crippen molar-refractivity contribution >= 4 is 32.0 Å². The Kier molecular flexibility index (Phi) is 8.49. The van der Waals surface area contributed by atoms with Crippen molar-refractivity contribution in [2.75, 3.05) is 26.1 Å². The monoisotopic (exact) mass is 532 g/mol. The maximum absolute atomic E-state index is 12.9. The zero-order valence-electron chi connectivity index (χ0n) is 19.9. The summed E-state index contributed by atoms with van der Waals surface area (Å²) >= 11 is 0. The molecule has 1 heterocycles. The number of aromatic hydroxyl groups is 1. The molecule has 1 aliphatic rings. The van der Waals surface area contributed by atoms with Gasteiger partial charge in [-0.15, -0.1) is 5.11 Å². The summed E-state index contributed by atoms with van der Waals surface area (Å²) in [7, 11) is -2.55. The molecular formula is C25H28N2O9S. The first kappa shape index (κ1) is 27.1. The van der Waals surface area contributed by atoms with Crippen LogP contribution in [0.3, 0.4) is 0 Å². The van der Waals surface area contributed by atoms with Gasteiger partial charge in [-0.05, 0) is 29.7 Å². The molecule has 1 saturated heterocycles. The van der Waals surface area contributed by atoms with Crippen LogP contribution in [0.15, 0.2) is 75.8 Å². The van der Waals surface area contributed by atoms with Crippen molar-refractivity contribution in [2.24, 2.45) is 10.2 Å². The number of azo groups is 1. The van der Waals surface area contributed by atoms with Crippen LogP contribution < -0.4 is 0 Å². The van der Waals surface area contributed by atoms with E-state index in [-0.39, 0.29) is 28.6 Å². The van der Waals surface area contributed by atoms with E-state index in [9.17, 15) is 28.8 Å². The van der Waals surface area contributed by atoms with E-state index in [0.29, 0.717) is 5.39 Å². The van der Waals surface area contributed by atoms with Crippen LogP contribution in [0.1, 0.15) is 0 Å². The van der Waals surface area contributed by atoms with E-state index in [1.807, 2.05) is 18.2 Å². The van der Waals surface area contributed by atoms with E-state index in [0.717, 1.165) is 5.39 Å². The van der Waals surface area contributed by atoms with Gasteiger partial charge in [0.2, 0.25) is 0 Å². The van der Waals surface area contributed by atoms with Crippen LogP contribution in [0.5, 0.6) is 5.75 Å². The van der Waals surface area contributed by atoms with Crippen LogP contribution in [-0.4, -0.2) is 85.6 Å². The van der Waals surface area contributed by atoms with Gasteiger partial charge < -0.3 is 34.6 Å². The number of phenolic OH excluding ortho intramolecular Hbond substituents is 1. The number of aliphatic hydroxyl groups is 3. The van der Waals surface area contributed by atoms with Gasteiger partial charge in [0.05, 0.1) is 29.5 Å². The van der Waals surface area contributed by atoms with Crippen molar-refractivity contribution in [3.63, 3.8) is 0 Å². The van der Waals surface area contributed by atoms with E-state index in [1.54, 1.807) is 18.2 Å². The summed E-state index contributed by atoms with van der Waals surface area (Å²) in [6, 6.07) is 16.5. The topological polar surface area (TPSA) is 167 Å². The van der Waals surface area contributed by atoms with Crippen LogP contribution in [-0.2, 0) is 24.0 Å². The summed E-state index contributed by atoms with van der Waals surface area (Å²) in [6.45, 7) is -0.880. The largest absolute Gasteiger partial charge is 0.506 e. The summed E-state index contributed by atoms with van der Waals surface area (Å²) < 4.78 is 41.6. The predicted octanol–water partition coefficient (Wildman–Crippen LogP) is 2.21. The van der Waals surface area contributed by atoms with Crippen LogP contribution in [0.25, 0.3) is 10.8 Å². The highest BCUT2D eigenvalue weighted by Crippen LogP contribution is 2.36. The van der Waals surface area contributed by atoms with E-state index in [1.165, 1.54) is 31.4 Å². The van der Waals surface area contributed by atoms with Gasteiger partial charge in [0, 0.05) is 12.5 Å². The molecule has 3 aromatic carbocycles. The first-order valence-electron chi connectivity index (χ1n) is 11.5. The molecule has 0 unspecified atom stereocenters. The number of fused-ring (bicyclic) bond motifs is 1. The summed E-state index contributed by atoms with van der Waals surface area (Å²) in [4.78, 5) is -0.0224. The van der Waals surface area contributed by atoms with Gasteiger partial charge in [-0.2, -0.15) is 5.11 Å². The third-order valence-corrected chi connectivity index (χ3v) is 7.71. The Hall–Kier alpha value is -2.97. The third kappa shape index (κ3) is 5.96. The Labute approximate surface area is 213 Å². The molecule has 4 N–H and O–H groups in total. The van der Waals surface area contributed by atoms with E-state index < -0.39 is 52.9 Å². The Morgan fingerprint density at radius 2 is 1.78 bits per heavy atom. The lowest BCUT2D eigenvalue weighted by molar-refractivity contribution is -0.300. The Balaban J connectivity index is 1.46. The summed E-state index contributed by atoms with van der Waals surface area (Å²) in [5.41, 5.74) is 0.530. The van der Waals surface area contributed by atoms with Crippen molar-refractivity contribution in [1.29, 1.82) is 0 Å². The second-order valence-corrected chi connectivity index (χ2v) is 10.6. The number of benzene rings is 3. The smallest absolute Gasteiger partial charge is 0.186 e. The van der Waals surface area contributed by atoms with Crippen molar-refractivity contribution in [3.8, 4) is 5.75 Å². The highest BCUT2D eigenvalue weighted by molar-refractivity contribution is 7.91. The number of sulfone groups is 1. The van der Waals surface area contributed by atoms with Gasteiger partial charge in [-0.25, -0.2) is 8.42 Å². The Bertz CT molecular complexity index is 1350. The van der Waals surface area contributed by atoms with Crippen LogP contribution in [0.4, 0.5) is 11.4 Å². The second-order valence-electron chi connectivity index (χ2n) is 8.45. The predicted molar refractivity (Wildman–Crippen MR) is 133 cm³/mol. The molecule has 0 saturated carbocycles. The fraction of sp³-hybridized carbons (Fsp3) is 0.360. The van der Waals surface area contributed by atoms with Crippen LogP contribution >= 0.6 is 0 Å². The number of hydrogen-bond acceptors (Lipinski definition) is 11. The number of methoxy groups -OCH3 is 1. The zero-order chi connectivity index (χ0) is 26.6. The Morgan fingerprint density at radius 1 is 1.00 bits per heavy atom. The lowest BCUT2D eigenvalue weighted by Crippen LogP contribution is -2.60. The van der Waals surface area contributed by atoms with Crippen LogP contribution in [0, 0.1) is 0 Å². The normalized spacial score (nSPS) is 24.6. The van der Waals surface area contributed by atoms with Gasteiger partial charge >= 0.3 is 0 Å². The molecule has 4 rings (SSSR count). The number of nitrogens with zero attached hydrogens (tertiary/aromatic N) is 2. The van der Waals surface area contributed by atoms with E-state index >= 15 is 0 Å². The van der Waals surface area contributed by atoms with Crippen LogP contribution in [0.2, 0.25) is 0 Å². The minimum absolute atomic E-state index is 0.0224. The molecule has 0 aromatic heterocycles. The molecular weight excluding hydrogens is 504 g/mol. The first-order valence-corrected chi connectivity index (χ1v) is 13.1. The standard InChI is InChI=1S/C25H28N2O9S/c1-34-25-23(31)24(22(30)20(14-28)36-25)35-11-12-37(32,33)17-7-4-6-16(13-17)26-27-21-18-8-3-2-5-15(18)9-10-19(21)29/h2-10,13,20,22-25,28-31H,11-12,14H2,1H3/t20-,22-,23-,24+,25+/m1/s1. The highest BCUT2D eigenvalue weighted by atomic mass is 32.2. The summed E-state index contributed by atoms with van der Waals surface area (Å²) in [5.74, 6) is -0.504.